The second kappa shape index (κ2) is 6.98. The van der Waals surface area contributed by atoms with E-state index in [1.54, 1.807) is 20.4 Å². The number of H-pyrrole nitrogens is 1. The Hall–Kier alpha value is -2.50. The van der Waals surface area contributed by atoms with Crippen molar-refractivity contribution in [2.45, 2.75) is 20.3 Å². The molecular weight excluding hydrogens is 282 g/mol. The van der Waals surface area contributed by atoms with Crippen molar-refractivity contribution in [2.75, 3.05) is 19.5 Å². The summed E-state index contributed by atoms with van der Waals surface area (Å²) in [5.41, 5.74) is 1.92. The molecule has 0 spiro atoms. The number of rotatable bonds is 6. The Labute approximate surface area is 129 Å². The molecule has 1 heterocycles. The number of anilines is 1. The highest BCUT2D eigenvalue weighted by Gasteiger charge is 2.16. The van der Waals surface area contributed by atoms with Crippen LogP contribution in [0.5, 0.6) is 11.5 Å². The number of benzene rings is 1. The van der Waals surface area contributed by atoms with E-state index in [2.05, 4.69) is 15.3 Å². The summed E-state index contributed by atoms with van der Waals surface area (Å²) >= 11 is 0. The fourth-order valence-corrected chi connectivity index (χ4v) is 2.17. The molecule has 2 rings (SSSR count). The van der Waals surface area contributed by atoms with E-state index >= 15 is 0 Å². The molecule has 0 aliphatic rings. The fraction of sp³-hybridized carbons (Fsp3) is 0.375. The van der Waals surface area contributed by atoms with Crippen LogP contribution in [-0.4, -0.2) is 30.1 Å². The average molecular weight is 303 g/mol. The molecule has 118 valence electrons. The van der Waals surface area contributed by atoms with Crippen molar-refractivity contribution in [1.29, 1.82) is 0 Å². The zero-order valence-electron chi connectivity index (χ0n) is 13.3. The van der Waals surface area contributed by atoms with Crippen molar-refractivity contribution in [3.63, 3.8) is 0 Å². The van der Waals surface area contributed by atoms with Crippen LogP contribution in [0.3, 0.4) is 0 Å². The topological polar surface area (TPSA) is 76.2 Å². The lowest BCUT2D eigenvalue weighted by Gasteiger charge is -2.13. The number of amides is 1. The van der Waals surface area contributed by atoms with Gasteiger partial charge in [0.25, 0.3) is 0 Å². The van der Waals surface area contributed by atoms with E-state index in [9.17, 15) is 4.79 Å². The molecule has 0 radical (unpaired) electrons. The summed E-state index contributed by atoms with van der Waals surface area (Å²) in [4.78, 5) is 19.2. The molecule has 1 amide bonds. The van der Waals surface area contributed by atoms with Gasteiger partial charge in [0.1, 0.15) is 0 Å². The molecule has 6 heteroatoms. The zero-order valence-corrected chi connectivity index (χ0v) is 13.3. The molecule has 0 saturated heterocycles. The highest BCUT2D eigenvalue weighted by molar-refractivity contribution is 5.90. The largest absolute Gasteiger partial charge is 0.493 e. The summed E-state index contributed by atoms with van der Waals surface area (Å²) < 4.78 is 10.5. The summed E-state index contributed by atoms with van der Waals surface area (Å²) in [7, 11) is 3.19. The van der Waals surface area contributed by atoms with E-state index in [4.69, 9.17) is 9.47 Å². The first-order chi connectivity index (χ1) is 10.5. The monoisotopic (exact) mass is 303 g/mol. The van der Waals surface area contributed by atoms with Gasteiger partial charge in [0, 0.05) is 17.8 Å². The minimum atomic E-state index is -0.191. The van der Waals surface area contributed by atoms with Crippen LogP contribution in [-0.2, 0) is 11.2 Å². The predicted molar refractivity (Wildman–Crippen MR) is 84.4 cm³/mol. The Balaban J connectivity index is 2.01. The summed E-state index contributed by atoms with van der Waals surface area (Å²) in [5, 5.41) is 2.77. The maximum atomic E-state index is 12.2. The summed E-state index contributed by atoms with van der Waals surface area (Å²) in [5.74, 6) is 1.54. The van der Waals surface area contributed by atoms with Crippen LogP contribution in [0.1, 0.15) is 18.2 Å². The van der Waals surface area contributed by atoms with Gasteiger partial charge in [-0.3, -0.25) is 10.1 Å². The highest BCUT2D eigenvalue weighted by atomic mass is 16.5. The Morgan fingerprint density at radius 1 is 1.32 bits per heavy atom. The summed E-state index contributed by atoms with van der Waals surface area (Å²) in [6.45, 7) is 3.76. The molecule has 0 bridgehead atoms. The number of carbonyl (C=O) groups is 1. The van der Waals surface area contributed by atoms with Gasteiger partial charge >= 0.3 is 0 Å². The molecule has 1 aromatic heterocycles. The van der Waals surface area contributed by atoms with Crippen LogP contribution < -0.4 is 14.8 Å². The number of carbonyl (C=O) groups excluding carboxylic acids is 1. The molecule has 0 fully saturated rings. The third-order valence-corrected chi connectivity index (χ3v) is 3.38. The molecule has 0 aliphatic heterocycles. The van der Waals surface area contributed by atoms with Gasteiger partial charge in [-0.05, 0) is 31.0 Å². The third kappa shape index (κ3) is 3.78. The molecule has 22 heavy (non-hydrogen) atoms. The van der Waals surface area contributed by atoms with E-state index in [1.807, 2.05) is 32.0 Å². The first-order valence-corrected chi connectivity index (χ1v) is 7.07. The van der Waals surface area contributed by atoms with E-state index in [-0.39, 0.29) is 11.8 Å². The molecule has 0 saturated carbocycles. The van der Waals surface area contributed by atoms with Gasteiger partial charge in [-0.2, -0.15) is 0 Å². The number of nitrogens with one attached hydrogen (secondary N) is 2. The van der Waals surface area contributed by atoms with Gasteiger partial charge in [0.15, 0.2) is 11.5 Å². The second-order valence-electron chi connectivity index (χ2n) is 5.20. The van der Waals surface area contributed by atoms with Crippen LogP contribution in [0, 0.1) is 12.8 Å². The lowest BCUT2D eigenvalue weighted by molar-refractivity contribution is -0.119. The molecule has 0 aliphatic carbocycles. The van der Waals surface area contributed by atoms with Gasteiger partial charge in [0.05, 0.1) is 14.2 Å². The predicted octanol–water partition coefficient (Wildman–Crippen LogP) is 2.55. The fourth-order valence-electron chi connectivity index (χ4n) is 2.17. The molecular formula is C16H21N3O3. The van der Waals surface area contributed by atoms with Crippen molar-refractivity contribution in [3.05, 3.63) is 35.7 Å². The number of nitrogens with zero attached hydrogens (tertiary/aromatic N) is 1. The molecule has 6 nitrogen and oxygen atoms in total. The summed E-state index contributed by atoms with van der Waals surface area (Å²) in [6.07, 6.45) is 2.28. The summed E-state index contributed by atoms with van der Waals surface area (Å²) in [6, 6.07) is 5.66. The van der Waals surface area contributed by atoms with Gasteiger partial charge in [0.2, 0.25) is 11.9 Å². The molecule has 2 N–H and O–H groups in total. The van der Waals surface area contributed by atoms with Crippen molar-refractivity contribution in [1.82, 2.24) is 9.97 Å². The van der Waals surface area contributed by atoms with Gasteiger partial charge < -0.3 is 14.5 Å². The van der Waals surface area contributed by atoms with Crippen LogP contribution in [0.2, 0.25) is 0 Å². The number of hydrogen-bond acceptors (Lipinski definition) is 4. The molecule has 1 atom stereocenters. The van der Waals surface area contributed by atoms with Crippen molar-refractivity contribution in [3.8, 4) is 11.5 Å². The SMILES string of the molecule is COc1ccc(C[C@@H](C)C(=O)Nc2ncc(C)[nH]2)cc1OC. The smallest absolute Gasteiger partial charge is 0.229 e. The Morgan fingerprint density at radius 3 is 2.64 bits per heavy atom. The second-order valence-corrected chi connectivity index (χ2v) is 5.20. The number of methoxy groups -OCH3 is 2. The lowest BCUT2D eigenvalue weighted by Crippen LogP contribution is -2.22. The quantitative estimate of drug-likeness (QED) is 0.860. The first-order valence-electron chi connectivity index (χ1n) is 7.07. The molecule has 0 unspecified atom stereocenters. The van der Waals surface area contributed by atoms with Crippen molar-refractivity contribution < 1.29 is 14.3 Å². The van der Waals surface area contributed by atoms with Gasteiger partial charge in [-0.1, -0.05) is 13.0 Å². The first kappa shape index (κ1) is 15.9. The van der Waals surface area contributed by atoms with E-state index < -0.39 is 0 Å². The number of aromatic nitrogens is 2. The molecule has 1 aromatic carbocycles. The Morgan fingerprint density at radius 2 is 2.05 bits per heavy atom. The van der Waals surface area contributed by atoms with Crippen molar-refractivity contribution in [2.24, 2.45) is 5.92 Å². The van der Waals surface area contributed by atoms with Crippen LogP contribution in [0.25, 0.3) is 0 Å². The van der Waals surface area contributed by atoms with Gasteiger partial charge in [-0.15, -0.1) is 0 Å². The van der Waals surface area contributed by atoms with E-state index in [1.165, 1.54) is 0 Å². The number of aryl methyl sites for hydroxylation is 1. The minimum absolute atomic E-state index is 0.0795. The van der Waals surface area contributed by atoms with Crippen LogP contribution in [0.4, 0.5) is 5.95 Å². The number of aromatic amines is 1. The van der Waals surface area contributed by atoms with Gasteiger partial charge in [-0.25, -0.2) is 4.98 Å². The number of hydrogen-bond donors (Lipinski definition) is 2. The van der Waals surface area contributed by atoms with E-state index in [0.717, 1.165) is 11.3 Å². The number of imidazole rings is 1. The Kier molecular flexibility index (Phi) is 5.04. The maximum Gasteiger partial charge on any atom is 0.229 e. The normalized spacial score (nSPS) is 11.8. The van der Waals surface area contributed by atoms with E-state index in [0.29, 0.717) is 23.9 Å². The zero-order chi connectivity index (χ0) is 16.1. The highest BCUT2D eigenvalue weighted by Crippen LogP contribution is 2.28. The molecule has 2 aromatic rings. The minimum Gasteiger partial charge on any atom is -0.493 e. The average Bonchev–Trinajstić information content (AvgIpc) is 2.92. The van der Waals surface area contributed by atoms with Crippen molar-refractivity contribution >= 4 is 11.9 Å². The third-order valence-electron chi connectivity index (χ3n) is 3.38. The number of ether oxygens (including phenoxy) is 2. The standard InChI is InChI=1S/C16H21N3O3/c1-10(15(20)19-16-17-9-11(2)18-16)7-12-5-6-13(21-3)14(8-12)22-4/h5-6,8-10H,7H2,1-4H3,(H2,17,18,19,20)/t10-/m1/s1. The van der Waals surface area contributed by atoms with Crippen LogP contribution in [0.15, 0.2) is 24.4 Å². The lowest BCUT2D eigenvalue weighted by atomic mass is 10.00. The maximum absolute atomic E-state index is 12.2. The van der Waals surface area contributed by atoms with Crippen LogP contribution >= 0.6 is 0 Å². The Bertz CT molecular complexity index is 652.